The van der Waals surface area contributed by atoms with Crippen LogP contribution in [0.1, 0.15) is 10.4 Å². The zero-order valence-corrected chi connectivity index (χ0v) is 14.3. The summed E-state index contributed by atoms with van der Waals surface area (Å²) in [7, 11) is 0. The molecule has 1 N–H and O–H groups in total. The van der Waals surface area contributed by atoms with E-state index in [2.05, 4.69) is 0 Å². The van der Waals surface area contributed by atoms with Gasteiger partial charge in [0.1, 0.15) is 11.5 Å². The molecule has 0 saturated carbocycles. The van der Waals surface area contributed by atoms with Crippen molar-refractivity contribution in [1.29, 1.82) is 0 Å². The van der Waals surface area contributed by atoms with Crippen LogP contribution >= 0.6 is 0 Å². The standard InChI is InChI=1S/C13H10O3.C6H4N2O4/c14-13(15)10-6-8-12(9-7-10)16-11-4-2-1-3-5-11;9-7(10)5-2-1-3-6(4-5)8(11)12/h1-9H,(H,14,15);1-4H. The van der Waals surface area contributed by atoms with Crippen LogP contribution in [0.4, 0.5) is 11.4 Å². The number of rotatable bonds is 5. The van der Waals surface area contributed by atoms with Crippen LogP contribution in [0.25, 0.3) is 0 Å². The number of hydrogen-bond acceptors (Lipinski definition) is 6. The lowest BCUT2D eigenvalue weighted by atomic mass is 10.2. The Morgan fingerprint density at radius 2 is 1.25 bits per heavy atom. The van der Waals surface area contributed by atoms with Crippen molar-refractivity contribution >= 4 is 17.3 Å². The molecule has 0 bridgehead atoms. The lowest BCUT2D eigenvalue weighted by molar-refractivity contribution is -0.394. The van der Waals surface area contributed by atoms with E-state index in [1.807, 2.05) is 30.3 Å². The molecule has 0 radical (unpaired) electrons. The monoisotopic (exact) mass is 382 g/mol. The van der Waals surface area contributed by atoms with Gasteiger partial charge in [0, 0.05) is 12.1 Å². The van der Waals surface area contributed by atoms with Gasteiger partial charge in [-0.1, -0.05) is 18.2 Å². The largest absolute Gasteiger partial charge is 0.478 e. The number of ether oxygens (including phenoxy) is 1. The Kier molecular flexibility index (Phi) is 6.75. The van der Waals surface area contributed by atoms with Gasteiger partial charge in [-0.05, 0) is 42.5 Å². The minimum Gasteiger partial charge on any atom is -0.478 e. The van der Waals surface area contributed by atoms with E-state index in [9.17, 15) is 25.0 Å². The maximum absolute atomic E-state index is 10.6. The Hall–Kier alpha value is -4.27. The molecule has 28 heavy (non-hydrogen) atoms. The number of non-ortho nitro benzene ring substituents is 2. The van der Waals surface area contributed by atoms with Crippen molar-refractivity contribution in [2.75, 3.05) is 0 Å². The van der Waals surface area contributed by atoms with Crippen molar-refractivity contribution in [1.82, 2.24) is 0 Å². The highest BCUT2D eigenvalue weighted by molar-refractivity contribution is 5.87. The summed E-state index contributed by atoms with van der Waals surface area (Å²) in [6, 6.07) is 20.2. The van der Waals surface area contributed by atoms with E-state index in [0.717, 1.165) is 11.8 Å². The maximum atomic E-state index is 10.6. The molecule has 0 heterocycles. The van der Waals surface area contributed by atoms with E-state index in [-0.39, 0.29) is 16.9 Å². The van der Waals surface area contributed by atoms with Crippen molar-refractivity contribution in [2.24, 2.45) is 0 Å². The number of nitrogens with zero attached hydrogens (tertiary/aromatic N) is 2. The number of carboxylic acids is 1. The summed E-state index contributed by atoms with van der Waals surface area (Å²) < 4.78 is 5.52. The van der Waals surface area contributed by atoms with Gasteiger partial charge in [-0.15, -0.1) is 0 Å². The van der Waals surface area contributed by atoms with E-state index in [1.165, 1.54) is 30.3 Å². The van der Waals surface area contributed by atoms with Crippen molar-refractivity contribution in [3.8, 4) is 11.5 Å². The molecule has 0 aliphatic carbocycles. The fourth-order valence-electron chi connectivity index (χ4n) is 2.01. The van der Waals surface area contributed by atoms with Crippen LogP contribution in [-0.2, 0) is 0 Å². The molecule has 0 amide bonds. The number of carboxylic acid groups (broad SMARTS) is 1. The molecule has 3 rings (SSSR count). The van der Waals surface area contributed by atoms with Crippen LogP contribution in [0.5, 0.6) is 11.5 Å². The highest BCUT2D eigenvalue weighted by atomic mass is 16.6. The highest BCUT2D eigenvalue weighted by Gasteiger charge is 2.11. The number of nitro groups is 2. The predicted molar refractivity (Wildman–Crippen MR) is 99.7 cm³/mol. The van der Waals surface area contributed by atoms with Gasteiger partial charge in [0.05, 0.1) is 21.5 Å². The van der Waals surface area contributed by atoms with Crippen molar-refractivity contribution in [2.45, 2.75) is 0 Å². The van der Waals surface area contributed by atoms with Gasteiger partial charge in [0.25, 0.3) is 11.4 Å². The Morgan fingerprint density at radius 1 is 0.750 bits per heavy atom. The Balaban J connectivity index is 0.000000209. The molecule has 0 unspecified atom stereocenters. The van der Waals surface area contributed by atoms with E-state index in [0.29, 0.717) is 5.75 Å². The van der Waals surface area contributed by atoms with Gasteiger partial charge in [-0.25, -0.2) is 4.79 Å². The first-order valence-electron chi connectivity index (χ1n) is 7.82. The molecule has 0 spiro atoms. The molecule has 0 aliphatic rings. The van der Waals surface area contributed by atoms with E-state index >= 15 is 0 Å². The highest BCUT2D eigenvalue weighted by Crippen LogP contribution is 2.21. The Bertz CT molecular complexity index is 944. The first kappa shape index (κ1) is 20.0. The number of para-hydroxylation sites is 1. The number of nitro benzene ring substituents is 2. The molecule has 0 atom stereocenters. The molecule has 9 heteroatoms. The van der Waals surface area contributed by atoms with Crippen molar-refractivity contribution in [3.05, 3.63) is 105 Å². The average molecular weight is 382 g/mol. The van der Waals surface area contributed by atoms with Crippen LogP contribution in [0, 0.1) is 20.2 Å². The first-order valence-corrected chi connectivity index (χ1v) is 7.82. The summed E-state index contributed by atoms with van der Waals surface area (Å²) in [5, 5.41) is 29.0. The summed E-state index contributed by atoms with van der Waals surface area (Å²) >= 11 is 0. The zero-order chi connectivity index (χ0) is 20.5. The van der Waals surface area contributed by atoms with Gasteiger partial charge < -0.3 is 9.84 Å². The van der Waals surface area contributed by atoms with Gasteiger partial charge in [0.2, 0.25) is 0 Å². The summed E-state index contributed by atoms with van der Waals surface area (Å²) in [4.78, 5) is 29.6. The number of benzene rings is 3. The number of aromatic carboxylic acids is 1. The summed E-state index contributed by atoms with van der Waals surface area (Å²) in [6.07, 6.45) is 0. The minimum absolute atomic E-state index is 0.250. The molecule has 142 valence electrons. The third-order valence-electron chi connectivity index (χ3n) is 3.33. The third-order valence-corrected chi connectivity index (χ3v) is 3.33. The summed E-state index contributed by atoms with van der Waals surface area (Å²) in [6.45, 7) is 0. The lowest BCUT2D eigenvalue weighted by Gasteiger charge is -2.05. The van der Waals surface area contributed by atoms with Gasteiger partial charge >= 0.3 is 5.97 Å². The van der Waals surface area contributed by atoms with Crippen molar-refractivity contribution < 1.29 is 24.5 Å². The van der Waals surface area contributed by atoms with Gasteiger partial charge in [-0.3, -0.25) is 20.2 Å². The fourth-order valence-corrected chi connectivity index (χ4v) is 2.01. The molecular weight excluding hydrogens is 368 g/mol. The lowest BCUT2D eigenvalue weighted by Crippen LogP contribution is -1.95. The van der Waals surface area contributed by atoms with Gasteiger partial charge in [-0.2, -0.15) is 0 Å². The summed E-state index contributed by atoms with van der Waals surface area (Å²) in [5.41, 5.74) is -0.297. The smallest absolute Gasteiger partial charge is 0.335 e. The quantitative estimate of drug-likeness (QED) is 0.500. The van der Waals surface area contributed by atoms with E-state index in [4.69, 9.17) is 9.84 Å². The van der Waals surface area contributed by atoms with Gasteiger partial charge in [0.15, 0.2) is 0 Å². The van der Waals surface area contributed by atoms with Crippen LogP contribution in [-0.4, -0.2) is 20.9 Å². The van der Waals surface area contributed by atoms with E-state index in [1.54, 1.807) is 12.1 Å². The number of carbonyl (C=O) groups is 1. The van der Waals surface area contributed by atoms with Crippen LogP contribution in [0.3, 0.4) is 0 Å². The molecule has 0 fully saturated rings. The van der Waals surface area contributed by atoms with Crippen LogP contribution in [0.2, 0.25) is 0 Å². The Morgan fingerprint density at radius 3 is 1.71 bits per heavy atom. The normalized spacial score (nSPS) is 9.57. The second-order valence-electron chi connectivity index (χ2n) is 5.28. The molecule has 0 aliphatic heterocycles. The summed E-state index contributed by atoms with van der Waals surface area (Å²) in [5.74, 6) is 0.410. The molecule has 9 nitrogen and oxygen atoms in total. The average Bonchev–Trinajstić information content (AvgIpc) is 2.70. The Labute approximate surface area is 158 Å². The van der Waals surface area contributed by atoms with Crippen LogP contribution < -0.4 is 4.74 Å². The molecule has 3 aromatic rings. The molecular formula is C19H14N2O7. The van der Waals surface area contributed by atoms with Crippen LogP contribution in [0.15, 0.2) is 78.9 Å². The first-order chi connectivity index (χ1) is 13.4. The second-order valence-corrected chi connectivity index (χ2v) is 5.28. The third kappa shape index (κ3) is 5.92. The zero-order valence-electron chi connectivity index (χ0n) is 14.3. The second kappa shape index (κ2) is 9.43. The molecule has 0 saturated heterocycles. The predicted octanol–water partition coefficient (Wildman–Crippen LogP) is 4.68. The van der Waals surface area contributed by atoms with Crippen molar-refractivity contribution in [3.63, 3.8) is 0 Å². The number of hydrogen-bond donors (Lipinski definition) is 1. The fraction of sp³-hybridized carbons (Fsp3) is 0. The van der Waals surface area contributed by atoms with E-state index < -0.39 is 15.8 Å². The SMILES string of the molecule is O=C(O)c1ccc(Oc2ccccc2)cc1.O=[N+]([O-])c1cccc([N+](=O)[O-])c1. The minimum atomic E-state index is -0.939. The maximum Gasteiger partial charge on any atom is 0.335 e. The molecule has 0 aromatic heterocycles. The molecule has 3 aromatic carbocycles. The topological polar surface area (TPSA) is 133 Å².